The summed E-state index contributed by atoms with van der Waals surface area (Å²) in [6, 6.07) is 3.02. The summed E-state index contributed by atoms with van der Waals surface area (Å²) in [6.45, 7) is 0. The number of aromatic nitrogens is 1. The standard InChI is InChI=1S/C16H20N2O2/c19-14-2-1-13(9-17-14)15(20)18-16-6-10-3-11(7-16)5-12(4-10)8-16/h1-2,9-12H,3-8H2,(H,17,19)(H,18,20). The molecule has 0 atom stereocenters. The Balaban J connectivity index is 1.55. The fourth-order valence-electron chi connectivity index (χ4n) is 5.13. The second-order valence-corrected chi connectivity index (χ2v) is 7.09. The van der Waals surface area contributed by atoms with Crippen LogP contribution in [0.3, 0.4) is 0 Å². The van der Waals surface area contributed by atoms with Gasteiger partial charge in [-0.3, -0.25) is 9.59 Å². The van der Waals surface area contributed by atoms with E-state index in [1.54, 1.807) is 6.07 Å². The van der Waals surface area contributed by atoms with Crippen LogP contribution in [-0.4, -0.2) is 16.4 Å². The minimum Gasteiger partial charge on any atom is -0.347 e. The van der Waals surface area contributed by atoms with Crippen molar-refractivity contribution in [1.82, 2.24) is 10.3 Å². The third-order valence-corrected chi connectivity index (χ3v) is 5.46. The highest BCUT2D eigenvalue weighted by Gasteiger charge is 2.51. The molecule has 0 saturated heterocycles. The highest BCUT2D eigenvalue weighted by molar-refractivity contribution is 5.94. The third kappa shape index (κ3) is 1.98. The zero-order chi connectivity index (χ0) is 13.7. The van der Waals surface area contributed by atoms with E-state index in [2.05, 4.69) is 10.3 Å². The van der Waals surface area contributed by atoms with E-state index in [1.165, 1.54) is 31.5 Å². The van der Waals surface area contributed by atoms with Crippen molar-refractivity contribution >= 4 is 5.91 Å². The van der Waals surface area contributed by atoms with Gasteiger partial charge in [0.25, 0.3) is 5.91 Å². The summed E-state index contributed by atoms with van der Waals surface area (Å²) in [5, 5.41) is 3.30. The number of amides is 1. The monoisotopic (exact) mass is 272 g/mol. The summed E-state index contributed by atoms with van der Waals surface area (Å²) in [4.78, 5) is 26.0. The Morgan fingerprint density at radius 1 is 1.10 bits per heavy atom. The quantitative estimate of drug-likeness (QED) is 0.865. The summed E-state index contributed by atoms with van der Waals surface area (Å²) >= 11 is 0. The predicted molar refractivity (Wildman–Crippen MR) is 75.4 cm³/mol. The average molecular weight is 272 g/mol. The maximum Gasteiger partial charge on any atom is 0.253 e. The van der Waals surface area contributed by atoms with Crippen LogP contribution in [-0.2, 0) is 0 Å². The van der Waals surface area contributed by atoms with Gasteiger partial charge in [-0.05, 0) is 62.3 Å². The van der Waals surface area contributed by atoms with Gasteiger partial charge in [-0.15, -0.1) is 0 Å². The number of carbonyl (C=O) groups is 1. The van der Waals surface area contributed by atoms with E-state index in [0.29, 0.717) is 5.56 Å². The van der Waals surface area contributed by atoms with Crippen molar-refractivity contribution < 1.29 is 4.79 Å². The normalized spacial score (nSPS) is 37.9. The van der Waals surface area contributed by atoms with Crippen LogP contribution in [0.1, 0.15) is 48.9 Å². The molecule has 20 heavy (non-hydrogen) atoms. The number of H-pyrrole nitrogens is 1. The molecule has 4 heteroatoms. The van der Waals surface area contributed by atoms with Crippen LogP contribution in [0.5, 0.6) is 0 Å². The lowest BCUT2D eigenvalue weighted by Gasteiger charge is -2.56. The average Bonchev–Trinajstić information content (AvgIpc) is 2.37. The predicted octanol–water partition coefficient (Wildman–Crippen LogP) is 2.07. The molecule has 4 nitrogen and oxygen atoms in total. The lowest BCUT2D eigenvalue weighted by atomic mass is 9.53. The molecule has 0 spiro atoms. The lowest BCUT2D eigenvalue weighted by molar-refractivity contribution is -0.0167. The van der Waals surface area contributed by atoms with Gasteiger partial charge < -0.3 is 10.3 Å². The van der Waals surface area contributed by atoms with Crippen molar-refractivity contribution in [3.63, 3.8) is 0 Å². The van der Waals surface area contributed by atoms with Gasteiger partial charge in [0, 0.05) is 17.8 Å². The Kier molecular flexibility index (Phi) is 2.56. The molecular formula is C16H20N2O2. The first-order valence-corrected chi connectivity index (χ1v) is 7.63. The van der Waals surface area contributed by atoms with Crippen LogP contribution in [0, 0.1) is 17.8 Å². The molecular weight excluding hydrogens is 252 g/mol. The van der Waals surface area contributed by atoms with Gasteiger partial charge in [0.2, 0.25) is 5.56 Å². The Morgan fingerprint density at radius 2 is 1.70 bits per heavy atom. The molecule has 1 aromatic rings. The SMILES string of the molecule is O=C(NC12CC3CC(CC(C3)C1)C2)c1ccc(=O)[nH]c1. The van der Waals surface area contributed by atoms with Gasteiger partial charge in [0.15, 0.2) is 0 Å². The van der Waals surface area contributed by atoms with E-state index in [1.807, 2.05) is 0 Å². The maximum absolute atomic E-state index is 12.4. The molecule has 4 aliphatic carbocycles. The van der Waals surface area contributed by atoms with E-state index < -0.39 is 0 Å². The summed E-state index contributed by atoms with van der Waals surface area (Å²) in [5.41, 5.74) is 0.416. The second-order valence-electron chi connectivity index (χ2n) is 7.09. The molecule has 1 amide bonds. The number of hydrogen-bond acceptors (Lipinski definition) is 2. The van der Waals surface area contributed by atoms with Crippen molar-refractivity contribution in [2.24, 2.45) is 17.8 Å². The van der Waals surface area contributed by atoms with Crippen LogP contribution in [0.4, 0.5) is 0 Å². The van der Waals surface area contributed by atoms with Crippen LogP contribution in [0.2, 0.25) is 0 Å². The molecule has 0 radical (unpaired) electrons. The van der Waals surface area contributed by atoms with E-state index in [4.69, 9.17) is 0 Å². The molecule has 1 heterocycles. The van der Waals surface area contributed by atoms with Crippen molar-refractivity contribution in [2.45, 2.75) is 44.1 Å². The summed E-state index contributed by atoms with van der Waals surface area (Å²) in [6.07, 6.45) is 9.06. The zero-order valence-electron chi connectivity index (χ0n) is 11.5. The van der Waals surface area contributed by atoms with E-state index in [0.717, 1.165) is 37.0 Å². The van der Waals surface area contributed by atoms with E-state index in [-0.39, 0.29) is 17.0 Å². The highest BCUT2D eigenvalue weighted by Crippen LogP contribution is 2.55. The lowest BCUT2D eigenvalue weighted by Crippen LogP contribution is -2.59. The first-order valence-electron chi connectivity index (χ1n) is 7.63. The number of pyridine rings is 1. The van der Waals surface area contributed by atoms with Gasteiger partial charge in [0.05, 0.1) is 5.56 Å². The summed E-state index contributed by atoms with van der Waals surface area (Å²) < 4.78 is 0. The largest absolute Gasteiger partial charge is 0.347 e. The molecule has 4 aliphatic rings. The van der Waals surface area contributed by atoms with Gasteiger partial charge >= 0.3 is 0 Å². The Morgan fingerprint density at radius 3 is 2.20 bits per heavy atom. The van der Waals surface area contributed by atoms with E-state index >= 15 is 0 Å². The van der Waals surface area contributed by atoms with Gasteiger partial charge in [-0.1, -0.05) is 0 Å². The molecule has 4 fully saturated rings. The molecule has 2 N–H and O–H groups in total. The van der Waals surface area contributed by atoms with Crippen molar-refractivity contribution in [3.8, 4) is 0 Å². The fourth-order valence-corrected chi connectivity index (χ4v) is 5.13. The van der Waals surface area contributed by atoms with Crippen LogP contribution in [0.25, 0.3) is 0 Å². The smallest absolute Gasteiger partial charge is 0.253 e. The van der Waals surface area contributed by atoms with Crippen molar-refractivity contribution in [1.29, 1.82) is 0 Å². The molecule has 5 rings (SSSR count). The fraction of sp³-hybridized carbons (Fsp3) is 0.625. The molecule has 1 aromatic heterocycles. The van der Waals surface area contributed by atoms with Crippen LogP contribution >= 0.6 is 0 Å². The Labute approximate surface area is 118 Å². The topological polar surface area (TPSA) is 62.0 Å². The first-order chi connectivity index (χ1) is 9.62. The maximum atomic E-state index is 12.4. The third-order valence-electron chi connectivity index (χ3n) is 5.46. The summed E-state index contributed by atoms with van der Waals surface area (Å²) in [7, 11) is 0. The first kappa shape index (κ1) is 12.2. The Hall–Kier alpha value is -1.58. The molecule has 0 aliphatic heterocycles. The summed E-state index contributed by atoms with van der Waals surface area (Å²) in [5.74, 6) is 2.41. The van der Waals surface area contributed by atoms with Crippen LogP contribution < -0.4 is 10.9 Å². The second kappa shape index (κ2) is 4.21. The molecule has 106 valence electrons. The number of rotatable bonds is 2. The number of carbonyl (C=O) groups excluding carboxylic acids is 1. The Bertz CT molecular complexity index is 549. The number of aromatic amines is 1. The van der Waals surface area contributed by atoms with E-state index in [9.17, 15) is 9.59 Å². The molecule has 0 aromatic carbocycles. The van der Waals surface area contributed by atoms with Crippen LogP contribution in [0.15, 0.2) is 23.1 Å². The molecule has 4 saturated carbocycles. The highest BCUT2D eigenvalue weighted by atomic mass is 16.2. The van der Waals surface area contributed by atoms with Gasteiger partial charge in [-0.25, -0.2) is 0 Å². The van der Waals surface area contributed by atoms with Gasteiger partial charge in [-0.2, -0.15) is 0 Å². The number of hydrogen-bond donors (Lipinski definition) is 2. The molecule has 0 unspecified atom stereocenters. The minimum absolute atomic E-state index is 0.0297. The number of nitrogens with one attached hydrogen (secondary N) is 2. The zero-order valence-corrected chi connectivity index (χ0v) is 11.5. The van der Waals surface area contributed by atoms with Crippen molar-refractivity contribution in [3.05, 3.63) is 34.2 Å². The van der Waals surface area contributed by atoms with Crippen molar-refractivity contribution in [2.75, 3.05) is 0 Å². The van der Waals surface area contributed by atoms with Gasteiger partial charge in [0.1, 0.15) is 0 Å². The minimum atomic E-state index is -0.170. The molecule has 4 bridgehead atoms.